The van der Waals surface area contributed by atoms with Crippen molar-refractivity contribution >= 4 is 5.91 Å². The molecule has 92 valence electrons. The molecule has 2 fully saturated rings. The highest BCUT2D eigenvalue weighted by Crippen LogP contribution is 2.36. The Labute approximate surface area is 97.5 Å². The summed E-state index contributed by atoms with van der Waals surface area (Å²) in [6.07, 6.45) is 6.75. The molecule has 3 unspecified atom stereocenters. The van der Waals surface area contributed by atoms with Gasteiger partial charge in [0.2, 0.25) is 5.91 Å². The van der Waals surface area contributed by atoms with Gasteiger partial charge in [-0.1, -0.05) is 13.3 Å². The van der Waals surface area contributed by atoms with Crippen LogP contribution in [0.1, 0.15) is 39.0 Å². The minimum atomic E-state index is -0.0416. The fraction of sp³-hybridized carbons (Fsp3) is 0.917. The minimum Gasteiger partial charge on any atom is -0.299 e. The van der Waals surface area contributed by atoms with Crippen LogP contribution in [0.25, 0.3) is 0 Å². The number of hydrogen-bond acceptors (Lipinski definition) is 3. The molecule has 3 atom stereocenters. The van der Waals surface area contributed by atoms with E-state index in [1.54, 1.807) is 0 Å². The molecule has 1 saturated heterocycles. The van der Waals surface area contributed by atoms with Gasteiger partial charge in [-0.15, -0.1) is 0 Å². The number of rotatable bonds is 3. The molecule has 1 saturated carbocycles. The number of nitrogens with two attached hydrogens (primary N) is 1. The molecular weight excluding hydrogens is 202 g/mol. The monoisotopic (exact) mass is 225 g/mol. The third kappa shape index (κ3) is 2.38. The van der Waals surface area contributed by atoms with Gasteiger partial charge in [0.05, 0.1) is 0 Å². The van der Waals surface area contributed by atoms with Gasteiger partial charge in [0.25, 0.3) is 0 Å². The Morgan fingerprint density at radius 2 is 2.19 bits per heavy atom. The van der Waals surface area contributed by atoms with Crippen LogP contribution in [0, 0.1) is 11.8 Å². The summed E-state index contributed by atoms with van der Waals surface area (Å²) in [6.45, 7) is 3.98. The molecule has 0 aromatic rings. The molecule has 4 nitrogen and oxygen atoms in total. The van der Waals surface area contributed by atoms with Crippen LogP contribution < -0.4 is 11.3 Å². The zero-order valence-corrected chi connectivity index (χ0v) is 10.1. The lowest BCUT2D eigenvalue weighted by Crippen LogP contribution is -2.47. The van der Waals surface area contributed by atoms with E-state index in [9.17, 15) is 4.79 Å². The van der Waals surface area contributed by atoms with Crippen molar-refractivity contribution in [1.82, 2.24) is 10.3 Å². The lowest BCUT2D eigenvalue weighted by atomic mass is 9.91. The molecule has 1 aliphatic carbocycles. The number of piperidine rings is 1. The molecule has 0 spiro atoms. The molecule has 2 rings (SSSR count). The van der Waals surface area contributed by atoms with Gasteiger partial charge in [0.15, 0.2) is 0 Å². The first kappa shape index (κ1) is 11.9. The number of hydrogen-bond donors (Lipinski definition) is 2. The van der Waals surface area contributed by atoms with Crippen LogP contribution in [0.4, 0.5) is 0 Å². The summed E-state index contributed by atoms with van der Waals surface area (Å²) in [6, 6.07) is 0.738. The zero-order valence-electron chi connectivity index (χ0n) is 10.1. The van der Waals surface area contributed by atoms with Crippen molar-refractivity contribution in [2.24, 2.45) is 17.7 Å². The highest BCUT2D eigenvalue weighted by Gasteiger charge is 2.35. The van der Waals surface area contributed by atoms with Crippen LogP contribution in [0.2, 0.25) is 0 Å². The topological polar surface area (TPSA) is 58.4 Å². The number of hydrazine groups is 1. The number of carbonyl (C=O) groups is 1. The van der Waals surface area contributed by atoms with Gasteiger partial charge >= 0.3 is 0 Å². The van der Waals surface area contributed by atoms with E-state index >= 15 is 0 Å². The summed E-state index contributed by atoms with van der Waals surface area (Å²) >= 11 is 0. The molecule has 1 heterocycles. The van der Waals surface area contributed by atoms with Crippen LogP contribution in [0.5, 0.6) is 0 Å². The molecule has 1 amide bonds. The Hall–Kier alpha value is -0.610. The maximum Gasteiger partial charge on any atom is 0.237 e. The van der Waals surface area contributed by atoms with Gasteiger partial charge in [-0.25, -0.2) is 5.84 Å². The van der Waals surface area contributed by atoms with Gasteiger partial charge < -0.3 is 0 Å². The zero-order chi connectivity index (χ0) is 11.5. The lowest BCUT2D eigenvalue weighted by molar-refractivity contribution is -0.125. The molecule has 0 radical (unpaired) electrons. The summed E-state index contributed by atoms with van der Waals surface area (Å²) in [7, 11) is 0. The van der Waals surface area contributed by atoms with E-state index in [1.165, 1.54) is 32.1 Å². The molecule has 1 aliphatic heterocycles. The Morgan fingerprint density at radius 3 is 2.94 bits per heavy atom. The average Bonchev–Trinajstić information content (AvgIpc) is 2.77. The third-order valence-electron chi connectivity index (χ3n) is 4.21. The molecule has 3 N–H and O–H groups in total. The lowest BCUT2D eigenvalue weighted by Gasteiger charge is -2.38. The second-order valence-corrected chi connectivity index (χ2v) is 5.31. The van der Waals surface area contributed by atoms with E-state index in [1.807, 2.05) is 6.92 Å². The predicted molar refractivity (Wildman–Crippen MR) is 63.4 cm³/mol. The van der Waals surface area contributed by atoms with E-state index < -0.39 is 0 Å². The van der Waals surface area contributed by atoms with Crippen molar-refractivity contribution in [3.05, 3.63) is 0 Å². The molecule has 16 heavy (non-hydrogen) atoms. The van der Waals surface area contributed by atoms with Gasteiger partial charge in [-0.3, -0.25) is 15.1 Å². The number of nitrogens with zero attached hydrogens (tertiary/aromatic N) is 1. The van der Waals surface area contributed by atoms with Crippen LogP contribution in [0.15, 0.2) is 0 Å². The van der Waals surface area contributed by atoms with Crippen LogP contribution in [0.3, 0.4) is 0 Å². The summed E-state index contributed by atoms with van der Waals surface area (Å²) in [5, 5.41) is 0. The molecule has 4 heteroatoms. The highest BCUT2D eigenvalue weighted by molar-refractivity contribution is 5.77. The smallest absolute Gasteiger partial charge is 0.237 e. The maximum atomic E-state index is 11.4. The van der Waals surface area contributed by atoms with Crippen molar-refractivity contribution in [2.45, 2.75) is 45.1 Å². The van der Waals surface area contributed by atoms with E-state index in [2.05, 4.69) is 10.3 Å². The Bertz CT molecular complexity index is 257. The van der Waals surface area contributed by atoms with Crippen molar-refractivity contribution < 1.29 is 4.79 Å². The number of amides is 1. The largest absolute Gasteiger partial charge is 0.299 e. The fourth-order valence-electron chi connectivity index (χ4n) is 3.36. The highest BCUT2D eigenvalue weighted by atomic mass is 16.2. The number of carbonyl (C=O) groups excluding carboxylic acids is 1. The van der Waals surface area contributed by atoms with Gasteiger partial charge in [0, 0.05) is 18.5 Å². The Balaban J connectivity index is 1.90. The van der Waals surface area contributed by atoms with Crippen LogP contribution >= 0.6 is 0 Å². The molecule has 0 bridgehead atoms. The molecule has 0 aromatic heterocycles. The summed E-state index contributed by atoms with van der Waals surface area (Å²) in [4.78, 5) is 13.9. The summed E-state index contributed by atoms with van der Waals surface area (Å²) < 4.78 is 0. The van der Waals surface area contributed by atoms with Crippen molar-refractivity contribution in [1.29, 1.82) is 0 Å². The maximum absolute atomic E-state index is 11.4. The molecular formula is C12H23N3O. The van der Waals surface area contributed by atoms with E-state index in [0.717, 1.165) is 25.0 Å². The second kappa shape index (κ2) is 5.15. The van der Waals surface area contributed by atoms with Gasteiger partial charge in [0.1, 0.15) is 0 Å². The minimum absolute atomic E-state index is 0.00403. The predicted octanol–water partition coefficient (Wildman–Crippen LogP) is 0.877. The van der Waals surface area contributed by atoms with Crippen molar-refractivity contribution in [3.8, 4) is 0 Å². The first-order valence-electron chi connectivity index (χ1n) is 6.47. The molecule has 0 aromatic carbocycles. The number of fused-ring (bicyclic) bond motifs is 1. The normalized spacial score (nSPS) is 32.1. The van der Waals surface area contributed by atoms with Crippen molar-refractivity contribution in [2.75, 3.05) is 13.1 Å². The quantitative estimate of drug-likeness (QED) is 0.426. The first-order valence-corrected chi connectivity index (χ1v) is 6.47. The third-order valence-corrected chi connectivity index (χ3v) is 4.21. The van der Waals surface area contributed by atoms with Gasteiger partial charge in [-0.05, 0) is 38.1 Å². The van der Waals surface area contributed by atoms with E-state index in [0.29, 0.717) is 0 Å². The average molecular weight is 225 g/mol. The SMILES string of the molecule is CC(CN1CCCC2CCCC21)C(=O)NN. The number of nitrogens with one attached hydrogen (secondary N) is 1. The van der Waals surface area contributed by atoms with Crippen LogP contribution in [-0.2, 0) is 4.79 Å². The van der Waals surface area contributed by atoms with Gasteiger partial charge in [-0.2, -0.15) is 0 Å². The van der Waals surface area contributed by atoms with E-state index in [4.69, 9.17) is 5.84 Å². The van der Waals surface area contributed by atoms with E-state index in [-0.39, 0.29) is 11.8 Å². The Morgan fingerprint density at radius 1 is 1.44 bits per heavy atom. The number of likely N-dealkylation sites (tertiary alicyclic amines) is 1. The van der Waals surface area contributed by atoms with Crippen molar-refractivity contribution in [3.63, 3.8) is 0 Å². The fourth-order valence-corrected chi connectivity index (χ4v) is 3.36. The van der Waals surface area contributed by atoms with Crippen LogP contribution in [-0.4, -0.2) is 29.9 Å². The first-order chi connectivity index (χ1) is 7.72. The second-order valence-electron chi connectivity index (χ2n) is 5.31. The standard InChI is InChI=1S/C12H23N3O/c1-9(12(16)14-13)8-15-7-3-5-10-4-2-6-11(10)15/h9-11H,2-8,13H2,1H3,(H,14,16). The molecule has 2 aliphatic rings. The summed E-state index contributed by atoms with van der Waals surface area (Å²) in [5.74, 6) is 6.02. The summed E-state index contributed by atoms with van der Waals surface area (Å²) in [5.41, 5.74) is 2.25. The Kier molecular flexibility index (Phi) is 3.82.